The van der Waals surface area contributed by atoms with Crippen molar-refractivity contribution < 1.29 is 23.5 Å². The predicted molar refractivity (Wildman–Crippen MR) is 135 cm³/mol. The Bertz CT molecular complexity index is 1200. The van der Waals surface area contributed by atoms with Gasteiger partial charge < -0.3 is 19.7 Å². The predicted octanol–water partition coefficient (Wildman–Crippen LogP) is 4.76. The fourth-order valence-corrected chi connectivity index (χ4v) is 5.08. The summed E-state index contributed by atoms with van der Waals surface area (Å²) in [6.45, 7) is 8.15. The van der Waals surface area contributed by atoms with E-state index in [1.165, 1.54) is 24.5 Å². The molecule has 2 aromatic rings. The largest absolute Gasteiger partial charge is 0.466 e. The number of halogens is 1. The van der Waals surface area contributed by atoms with E-state index in [0.29, 0.717) is 59.2 Å². The Hall–Kier alpha value is -3.27. The Morgan fingerprint density at radius 3 is 2.56 bits per heavy atom. The molecule has 0 radical (unpaired) electrons. The van der Waals surface area contributed by atoms with Crippen molar-refractivity contribution in [3.8, 4) is 0 Å². The summed E-state index contributed by atoms with van der Waals surface area (Å²) in [6, 6.07) is 4.03. The summed E-state index contributed by atoms with van der Waals surface area (Å²) in [5.41, 5.74) is 1.47. The Labute approximate surface area is 214 Å². The Balaban J connectivity index is 1.72. The smallest absolute Gasteiger partial charge is 0.410 e. The minimum Gasteiger partial charge on any atom is -0.466 e. The first-order valence-corrected chi connectivity index (χ1v) is 12.8. The van der Waals surface area contributed by atoms with Crippen molar-refractivity contribution in [3.63, 3.8) is 0 Å². The normalized spacial score (nSPS) is 19.0. The molecule has 0 aliphatic carbocycles. The molecular formula is C26H31FN4O4S. The number of esters is 1. The number of carbonyl (C=O) groups is 2. The number of nitrogens with zero attached hydrogens (tertiary/aromatic N) is 3. The first kappa shape index (κ1) is 25.8. The van der Waals surface area contributed by atoms with E-state index in [9.17, 15) is 14.0 Å². The summed E-state index contributed by atoms with van der Waals surface area (Å²) in [5, 5.41) is 5.87. The molecule has 1 aromatic carbocycles. The second-order valence-corrected chi connectivity index (χ2v) is 10.8. The molecule has 1 fully saturated rings. The second kappa shape index (κ2) is 10.4. The maximum absolute atomic E-state index is 14.5. The topological polar surface area (TPSA) is 93.1 Å². The SMILES string of the molecule is COC(=O)C1=C(C2CCN(C(=O)OC(C)(C)C)CC2)NC(c2nccs2)=NC1c1cccc(F)c1C. The standard InChI is InChI=1S/C26H31FN4O4S/c1-15-17(7-6-8-18(15)27)21-19(24(32)34-5)20(29-22(30-21)23-28-11-14-36-23)16-9-12-31(13-10-16)25(33)35-26(2,3)4/h6-8,11,14,16,21H,9-10,12-13H2,1-5H3,(H,29,30). The van der Waals surface area contributed by atoms with Crippen molar-refractivity contribution in [2.75, 3.05) is 20.2 Å². The van der Waals surface area contributed by atoms with Crippen LogP contribution in [-0.2, 0) is 14.3 Å². The number of piperidine rings is 1. The number of aromatic nitrogens is 1. The third-order valence-electron chi connectivity index (χ3n) is 6.27. The summed E-state index contributed by atoms with van der Waals surface area (Å²) in [7, 11) is 1.33. The van der Waals surface area contributed by atoms with E-state index < -0.39 is 17.6 Å². The van der Waals surface area contributed by atoms with E-state index in [0.717, 1.165) is 0 Å². The molecule has 1 amide bonds. The number of thiazole rings is 1. The summed E-state index contributed by atoms with van der Waals surface area (Å²) >= 11 is 1.42. The van der Waals surface area contributed by atoms with Gasteiger partial charge in [0.05, 0.1) is 12.7 Å². The maximum Gasteiger partial charge on any atom is 0.410 e. The first-order valence-electron chi connectivity index (χ1n) is 11.9. The van der Waals surface area contributed by atoms with E-state index in [4.69, 9.17) is 14.5 Å². The van der Waals surface area contributed by atoms with E-state index in [2.05, 4.69) is 10.3 Å². The zero-order chi connectivity index (χ0) is 26.0. The van der Waals surface area contributed by atoms with Gasteiger partial charge in [-0.1, -0.05) is 12.1 Å². The summed E-state index contributed by atoms with van der Waals surface area (Å²) < 4.78 is 25.2. The third-order valence-corrected chi connectivity index (χ3v) is 7.05. The van der Waals surface area contributed by atoms with Crippen LogP contribution in [-0.4, -0.2) is 53.6 Å². The molecule has 1 unspecified atom stereocenters. The van der Waals surface area contributed by atoms with Crippen LogP contribution in [0.25, 0.3) is 0 Å². The molecule has 1 atom stereocenters. The molecule has 0 spiro atoms. The lowest BCUT2D eigenvalue weighted by Gasteiger charge is -2.37. The van der Waals surface area contributed by atoms with Crippen molar-refractivity contribution in [2.24, 2.45) is 10.9 Å². The van der Waals surface area contributed by atoms with Crippen molar-refractivity contribution in [3.05, 3.63) is 63.0 Å². The number of carbonyl (C=O) groups excluding carboxylic acids is 2. The van der Waals surface area contributed by atoms with E-state index in [1.807, 2.05) is 26.2 Å². The third kappa shape index (κ3) is 5.43. The van der Waals surface area contributed by atoms with Crippen LogP contribution in [0.3, 0.4) is 0 Å². The minimum absolute atomic E-state index is 0.0698. The van der Waals surface area contributed by atoms with E-state index >= 15 is 0 Å². The number of allylic oxidation sites excluding steroid dienone is 1. The average molecular weight is 515 g/mol. The zero-order valence-electron chi connectivity index (χ0n) is 21.1. The van der Waals surface area contributed by atoms with Gasteiger partial charge in [0.25, 0.3) is 0 Å². The number of methoxy groups -OCH3 is 1. The van der Waals surface area contributed by atoms with Gasteiger partial charge in [-0.05, 0) is 57.7 Å². The Morgan fingerprint density at radius 1 is 1.22 bits per heavy atom. The van der Waals surface area contributed by atoms with Crippen molar-refractivity contribution in [1.82, 2.24) is 15.2 Å². The summed E-state index contributed by atoms with van der Waals surface area (Å²) in [5.74, 6) is -0.438. The lowest BCUT2D eigenvalue weighted by molar-refractivity contribution is -0.136. The summed E-state index contributed by atoms with van der Waals surface area (Å²) in [4.78, 5) is 36.6. The van der Waals surface area contributed by atoms with Crippen LogP contribution in [0.5, 0.6) is 0 Å². The first-order chi connectivity index (χ1) is 17.1. The highest BCUT2D eigenvalue weighted by atomic mass is 32.1. The number of rotatable bonds is 4. The number of aliphatic imine (C=N–C) groups is 1. The molecule has 2 aliphatic heterocycles. The van der Waals surface area contributed by atoms with Crippen LogP contribution < -0.4 is 5.32 Å². The van der Waals surface area contributed by atoms with E-state index in [1.54, 1.807) is 30.2 Å². The number of amides is 1. The van der Waals surface area contributed by atoms with Crippen LogP contribution in [0.15, 0.2) is 46.0 Å². The average Bonchev–Trinajstić information content (AvgIpc) is 3.39. The zero-order valence-corrected chi connectivity index (χ0v) is 21.9. The fourth-order valence-electron chi connectivity index (χ4n) is 4.49. The summed E-state index contributed by atoms with van der Waals surface area (Å²) in [6.07, 6.45) is 2.56. The molecule has 1 N–H and O–H groups in total. The molecule has 3 heterocycles. The van der Waals surface area contributed by atoms with Crippen molar-refractivity contribution >= 4 is 29.2 Å². The van der Waals surface area contributed by atoms with Gasteiger partial charge in [0.15, 0.2) is 10.8 Å². The Morgan fingerprint density at radius 2 is 1.94 bits per heavy atom. The highest BCUT2D eigenvalue weighted by Crippen LogP contribution is 2.39. The lowest BCUT2D eigenvalue weighted by atomic mass is 9.85. The van der Waals surface area contributed by atoms with Gasteiger partial charge in [0.1, 0.15) is 17.5 Å². The molecular weight excluding hydrogens is 483 g/mol. The number of nitrogens with one attached hydrogen (secondary N) is 1. The molecule has 8 nitrogen and oxygen atoms in total. The highest BCUT2D eigenvalue weighted by Gasteiger charge is 2.38. The number of ether oxygens (including phenoxy) is 2. The van der Waals surface area contributed by atoms with Crippen LogP contribution in [0, 0.1) is 18.7 Å². The highest BCUT2D eigenvalue weighted by molar-refractivity contribution is 7.11. The molecule has 36 heavy (non-hydrogen) atoms. The molecule has 1 saturated heterocycles. The molecule has 2 aliphatic rings. The van der Waals surface area contributed by atoms with Crippen LogP contribution in [0.1, 0.15) is 55.8 Å². The van der Waals surface area contributed by atoms with Gasteiger partial charge in [-0.15, -0.1) is 11.3 Å². The molecule has 0 saturated carbocycles. The minimum atomic E-state index is -0.757. The maximum atomic E-state index is 14.5. The van der Waals surface area contributed by atoms with Gasteiger partial charge in [-0.3, -0.25) is 4.99 Å². The van der Waals surface area contributed by atoms with Crippen LogP contribution in [0.4, 0.5) is 9.18 Å². The van der Waals surface area contributed by atoms with Gasteiger partial charge in [-0.25, -0.2) is 19.0 Å². The number of amidine groups is 1. The van der Waals surface area contributed by atoms with E-state index in [-0.39, 0.29) is 17.8 Å². The number of hydrogen-bond acceptors (Lipinski definition) is 8. The molecule has 192 valence electrons. The second-order valence-electron chi connectivity index (χ2n) is 9.86. The quantitative estimate of drug-likeness (QED) is 0.592. The molecule has 1 aromatic heterocycles. The van der Waals surface area contributed by atoms with Crippen molar-refractivity contribution in [1.29, 1.82) is 0 Å². The van der Waals surface area contributed by atoms with Crippen LogP contribution in [0.2, 0.25) is 0 Å². The molecule has 0 bridgehead atoms. The van der Waals surface area contributed by atoms with Gasteiger partial charge in [-0.2, -0.15) is 0 Å². The molecule has 10 heteroatoms. The monoisotopic (exact) mass is 514 g/mol. The van der Waals surface area contributed by atoms with Gasteiger partial charge >= 0.3 is 12.1 Å². The molecule has 4 rings (SSSR count). The number of hydrogen-bond donors (Lipinski definition) is 1. The van der Waals surface area contributed by atoms with Gasteiger partial charge in [0, 0.05) is 36.3 Å². The lowest BCUT2D eigenvalue weighted by Crippen LogP contribution is -2.44. The van der Waals surface area contributed by atoms with Crippen molar-refractivity contribution in [2.45, 2.75) is 52.2 Å². The Kier molecular flexibility index (Phi) is 7.44. The number of benzene rings is 1. The fraction of sp³-hybridized carbons (Fsp3) is 0.462. The number of likely N-dealkylation sites (tertiary alicyclic amines) is 1. The van der Waals surface area contributed by atoms with Gasteiger partial charge in [0.2, 0.25) is 0 Å². The van der Waals surface area contributed by atoms with Crippen LogP contribution >= 0.6 is 11.3 Å².